The number of hydrogen-bond acceptors (Lipinski definition) is 5. The predicted molar refractivity (Wildman–Crippen MR) is 78.7 cm³/mol. The summed E-state index contributed by atoms with van der Waals surface area (Å²) in [4.78, 5) is 11.8. The highest BCUT2D eigenvalue weighted by Crippen LogP contribution is 2.09. The monoisotopic (exact) mass is 290 g/mol. The Kier molecular flexibility index (Phi) is 7.47. The largest absolute Gasteiger partial charge is 0.444 e. The maximum Gasteiger partial charge on any atom is 0.408 e. The van der Waals surface area contributed by atoms with E-state index in [1.807, 2.05) is 41.5 Å². The fourth-order valence-corrected chi connectivity index (χ4v) is 1.64. The Morgan fingerprint density at radius 3 is 2.00 bits per heavy atom. The molecule has 2 N–H and O–H groups in total. The molecule has 6 nitrogen and oxygen atoms in total. The summed E-state index contributed by atoms with van der Waals surface area (Å²) in [6, 6.07) is 0.00436. The molecule has 120 valence electrons. The van der Waals surface area contributed by atoms with Crippen molar-refractivity contribution in [2.24, 2.45) is 0 Å². The molecule has 0 spiro atoms. The molecule has 1 amide bonds. The van der Waals surface area contributed by atoms with E-state index in [1.165, 1.54) is 0 Å². The average molecular weight is 290 g/mol. The lowest BCUT2D eigenvalue weighted by molar-refractivity contribution is -0.119. The van der Waals surface area contributed by atoms with Gasteiger partial charge in [0.2, 0.25) is 0 Å². The highest BCUT2D eigenvalue weighted by atomic mass is 16.7. The van der Waals surface area contributed by atoms with Crippen molar-refractivity contribution in [2.45, 2.75) is 65.0 Å². The molecule has 1 unspecified atom stereocenters. The van der Waals surface area contributed by atoms with Crippen molar-refractivity contribution in [2.75, 3.05) is 20.8 Å². The lowest BCUT2D eigenvalue weighted by atomic mass is 10.1. The molecule has 6 heteroatoms. The van der Waals surface area contributed by atoms with Crippen LogP contribution in [0.2, 0.25) is 0 Å². The van der Waals surface area contributed by atoms with E-state index in [9.17, 15) is 4.79 Å². The van der Waals surface area contributed by atoms with Crippen molar-refractivity contribution in [1.29, 1.82) is 0 Å². The Bertz CT molecular complexity index is 296. The minimum absolute atomic E-state index is 0.00436. The van der Waals surface area contributed by atoms with Gasteiger partial charge in [-0.1, -0.05) is 0 Å². The van der Waals surface area contributed by atoms with Crippen LogP contribution in [0.5, 0.6) is 0 Å². The zero-order chi connectivity index (χ0) is 16.0. The van der Waals surface area contributed by atoms with E-state index in [0.717, 1.165) is 0 Å². The first-order valence-electron chi connectivity index (χ1n) is 6.81. The Morgan fingerprint density at radius 2 is 1.60 bits per heavy atom. The van der Waals surface area contributed by atoms with Crippen molar-refractivity contribution in [1.82, 2.24) is 10.6 Å². The second kappa shape index (κ2) is 7.81. The SMILES string of the molecule is COC(OC)C(C)NCC(C)(C)NC(=O)OC(C)(C)C. The number of alkyl carbamates (subject to hydrolysis) is 1. The van der Waals surface area contributed by atoms with E-state index >= 15 is 0 Å². The van der Waals surface area contributed by atoms with Crippen molar-refractivity contribution >= 4 is 6.09 Å². The minimum atomic E-state index is -0.502. The smallest absolute Gasteiger partial charge is 0.408 e. The van der Waals surface area contributed by atoms with Gasteiger partial charge >= 0.3 is 6.09 Å². The Morgan fingerprint density at radius 1 is 1.10 bits per heavy atom. The summed E-state index contributed by atoms with van der Waals surface area (Å²) < 4.78 is 15.6. The Balaban J connectivity index is 4.28. The van der Waals surface area contributed by atoms with E-state index in [-0.39, 0.29) is 12.3 Å². The van der Waals surface area contributed by atoms with Crippen molar-refractivity contribution < 1.29 is 19.0 Å². The summed E-state index contributed by atoms with van der Waals surface area (Å²) >= 11 is 0. The number of nitrogens with one attached hydrogen (secondary N) is 2. The van der Waals surface area contributed by atoms with E-state index in [0.29, 0.717) is 6.54 Å². The molecule has 0 rings (SSSR count). The second-order valence-electron chi connectivity index (χ2n) is 6.52. The quantitative estimate of drug-likeness (QED) is 0.701. The molecule has 0 saturated carbocycles. The van der Waals surface area contributed by atoms with Crippen LogP contribution in [0, 0.1) is 0 Å². The fraction of sp³-hybridized carbons (Fsp3) is 0.929. The van der Waals surface area contributed by atoms with Crippen LogP contribution in [-0.2, 0) is 14.2 Å². The van der Waals surface area contributed by atoms with Crippen LogP contribution in [0.1, 0.15) is 41.5 Å². The molecule has 0 aromatic heterocycles. The molecule has 0 bridgehead atoms. The molecule has 0 aliphatic carbocycles. The molecular formula is C14H30N2O4. The molecule has 0 aromatic carbocycles. The zero-order valence-corrected chi connectivity index (χ0v) is 14.0. The summed E-state index contributed by atoms with van der Waals surface area (Å²) in [5, 5.41) is 6.11. The molecular weight excluding hydrogens is 260 g/mol. The van der Waals surface area contributed by atoms with Gasteiger partial charge in [0, 0.05) is 20.8 Å². The number of carbonyl (C=O) groups is 1. The predicted octanol–water partition coefficient (Wildman–Crippen LogP) is 1.89. The first kappa shape index (κ1) is 19.1. The fourth-order valence-electron chi connectivity index (χ4n) is 1.64. The summed E-state index contributed by atoms with van der Waals surface area (Å²) in [6.07, 6.45) is -0.751. The number of hydrogen-bond donors (Lipinski definition) is 2. The maximum absolute atomic E-state index is 11.8. The van der Waals surface area contributed by atoms with Gasteiger partial charge in [0.25, 0.3) is 0 Å². The highest BCUT2D eigenvalue weighted by molar-refractivity contribution is 5.68. The van der Waals surface area contributed by atoms with Gasteiger partial charge in [-0.25, -0.2) is 4.79 Å². The van der Waals surface area contributed by atoms with Crippen molar-refractivity contribution in [3.63, 3.8) is 0 Å². The Hall–Kier alpha value is -0.850. The van der Waals surface area contributed by atoms with Crippen molar-refractivity contribution in [3.05, 3.63) is 0 Å². The van der Waals surface area contributed by atoms with Gasteiger partial charge in [-0.15, -0.1) is 0 Å². The molecule has 0 heterocycles. The average Bonchev–Trinajstić information content (AvgIpc) is 2.24. The third-order valence-corrected chi connectivity index (χ3v) is 2.58. The van der Waals surface area contributed by atoms with Crippen LogP contribution >= 0.6 is 0 Å². The summed E-state index contributed by atoms with van der Waals surface area (Å²) in [7, 11) is 3.19. The van der Waals surface area contributed by atoms with Crippen LogP contribution in [0.3, 0.4) is 0 Å². The summed E-state index contributed by atoms with van der Waals surface area (Å²) in [5.41, 5.74) is -0.944. The Labute approximate surface area is 122 Å². The minimum Gasteiger partial charge on any atom is -0.444 e. The van der Waals surface area contributed by atoms with Gasteiger partial charge in [0.15, 0.2) is 6.29 Å². The van der Waals surface area contributed by atoms with E-state index in [4.69, 9.17) is 14.2 Å². The number of carbonyl (C=O) groups excluding carboxylic acids is 1. The van der Waals surface area contributed by atoms with E-state index in [1.54, 1.807) is 14.2 Å². The molecule has 0 aromatic rings. The molecule has 0 aliphatic rings. The lowest BCUT2D eigenvalue weighted by Gasteiger charge is -2.31. The van der Waals surface area contributed by atoms with Crippen LogP contribution in [0.4, 0.5) is 4.79 Å². The third kappa shape index (κ3) is 8.35. The summed E-state index contributed by atoms with van der Waals surface area (Å²) in [6.45, 7) is 11.9. The maximum atomic E-state index is 11.8. The van der Waals surface area contributed by atoms with Gasteiger partial charge in [-0.2, -0.15) is 0 Å². The zero-order valence-electron chi connectivity index (χ0n) is 14.0. The molecule has 0 fully saturated rings. The molecule has 0 saturated heterocycles. The highest BCUT2D eigenvalue weighted by Gasteiger charge is 2.26. The second-order valence-corrected chi connectivity index (χ2v) is 6.52. The first-order valence-corrected chi connectivity index (χ1v) is 6.81. The first-order chi connectivity index (χ1) is 9.00. The summed E-state index contributed by atoms with van der Waals surface area (Å²) in [5.74, 6) is 0. The van der Waals surface area contributed by atoms with Crippen LogP contribution in [0.15, 0.2) is 0 Å². The molecule has 0 aliphatic heterocycles. The third-order valence-electron chi connectivity index (χ3n) is 2.58. The van der Waals surface area contributed by atoms with Gasteiger partial charge < -0.3 is 24.8 Å². The van der Waals surface area contributed by atoms with Crippen LogP contribution in [0.25, 0.3) is 0 Å². The molecule has 1 atom stereocenters. The van der Waals surface area contributed by atoms with Gasteiger partial charge in [-0.05, 0) is 41.5 Å². The molecule has 0 radical (unpaired) electrons. The number of methoxy groups -OCH3 is 2. The van der Waals surface area contributed by atoms with Crippen LogP contribution in [-0.4, -0.2) is 50.3 Å². The van der Waals surface area contributed by atoms with E-state index < -0.39 is 17.2 Å². The number of amides is 1. The normalized spacial score (nSPS) is 14.2. The molecule has 20 heavy (non-hydrogen) atoms. The van der Waals surface area contributed by atoms with Gasteiger partial charge in [0.1, 0.15) is 5.60 Å². The standard InChI is InChI=1S/C14H30N2O4/c1-10(11(18-7)19-8)15-9-14(5,6)16-12(17)20-13(2,3)4/h10-11,15H,9H2,1-8H3,(H,16,17). The van der Waals surface area contributed by atoms with Gasteiger partial charge in [-0.3, -0.25) is 0 Å². The topological polar surface area (TPSA) is 68.8 Å². The number of ether oxygens (including phenoxy) is 3. The van der Waals surface area contributed by atoms with Crippen LogP contribution < -0.4 is 10.6 Å². The van der Waals surface area contributed by atoms with E-state index in [2.05, 4.69) is 10.6 Å². The van der Waals surface area contributed by atoms with Gasteiger partial charge in [0.05, 0.1) is 11.6 Å². The number of rotatable bonds is 7. The lowest BCUT2D eigenvalue weighted by Crippen LogP contribution is -2.54. The van der Waals surface area contributed by atoms with Crippen molar-refractivity contribution in [3.8, 4) is 0 Å².